The average Bonchev–Trinajstić information content (AvgIpc) is 2.76. The van der Waals surface area contributed by atoms with E-state index < -0.39 is 15.8 Å². The van der Waals surface area contributed by atoms with Crippen LogP contribution in [0.2, 0.25) is 0 Å². The molecule has 19 heavy (non-hydrogen) atoms. The van der Waals surface area contributed by atoms with Gasteiger partial charge >= 0.3 is 0 Å². The lowest BCUT2D eigenvalue weighted by molar-refractivity contribution is 0.577. The first-order chi connectivity index (χ1) is 8.88. The minimum Gasteiger partial charge on any atom is -0.207 e. The fraction of sp³-hybridized carbons (Fsp3) is 0.0909. The first-order valence-electron chi connectivity index (χ1n) is 5.07. The number of sulfonamides is 1. The first-order valence-corrected chi connectivity index (χ1v) is 8.96. The van der Waals surface area contributed by atoms with E-state index in [-0.39, 0.29) is 15.9 Å². The second kappa shape index (κ2) is 6.01. The third kappa shape index (κ3) is 3.85. The average molecular weight is 429 g/mol. The summed E-state index contributed by atoms with van der Waals surface area (Å²) in [6, 6.07) is 7.36. The molecule has 8 heteroatoms. The van der Waals surface area contributed by atoms with Crippen molar-refractivity contribution in [2.45, 2.75) is 11.4 Å². The second-order valence-corrected chi connectivity index (χ2v) is 8.78. The smallest absolute Gasteiger partial charge is 0.207 e. The Bertz CT molecular complexity index is 700. The van der Waals surface area contributed by atoms with Crippen LogP contribution in [0.25, 0.3) is 0 Å². The zero-order valence-electron chi connectivity index (χ0n) is 9.36. The van der Waals surface area contributed by atoms with E-state index in [2.05, 4.69) is 36.6 Å². The second-order valence-electron chi connectivity index (χ2n) is 3.61. The van der Waals surface area contributed by atoms with Gasteiger partial charge in [-0.25, -0.2) is 17.5 Å². The molecule has 0 aliphatic rings. The van der Waals surface area contributed by atoms with Gasteiger partial charge in [-0.15, -0.1) is 11.3 Å². The van der Waals surface area contributed by atoms with E-state index in [1.807, 2.05) is 12.1 Å². The number of nitrogens with one attached hydrogen (secondary N) is 1. The maximum absolute atomic E-state index is 13.3. The molecule has 0 unspecified atom stereocenters. The monoisotopic (exact) mass is 427 g/mol. The SMILES string of the molecule is O=S(=O)(NCc1ccc(Br)s1)c1ccc(Br)c(F)c1. The van der Waals surface area contributed by atoms with Crippen LogP contribution in [0.3, 0.4) is 0 Å². The van der Waals surface area contributed by atoms with Gasteiger partial charge in [0.15, 0.2) is 0 Å². The van der Waals surface area contributed by atoms with Crippen molar-refractivity contribution in [3.05, 3.63) is 49.3 Å². The van der Waals surface area contributed by atoms with Gasteiger partial charge in [-0.05, 0) is 62.2 Å². The van der Waals surface area contributed by atoms with E-state index in [0.717, 1.165) is 14.7 Å². The Morgan fingerprint density at radius 2 is 1.95 bits per heavy atom. The minimum atomic E-state index is -3.71. The predicted molar refractivity (Wildman–Crippen MR) is 80.1 cm³/mol. The van der Waals surface area contributed by atoms with Crippen molar-refractivity contribution >= 4 is 53.2 Å². The first kappa shape index (κ1) is 15.1. The zero-order valence-corrected chi connectivity index (χ0v) is 14.2. The molecular formula is C11H8Br2FNO2S2. The van der Waals surface area contributed by atoms with Gasteiger partial charge in [0.05, 0.1) is 13.2 Å². The van der Waals surface area contributed by atoms with Gasteiger partial charge in [0.25, 0.3) is 0 Å². The van der Waals surface area contributed by atoms with Gasteiger partial charge in [0, 0.05) is 11.4 Å². The van der Waals surface area contributed by atoms with Gasteiger partial charge in [-0.3, -0.25) is 0 Å². The third-order valence-corrected chi connectivity index (χ3v) is 5.93. The van der Waals surface area contributed by atoms with E-state index in [1.165, 1.54) is 23.5 Å². The molecule has 3 nitrogen and oxygen atoms in total. The molecule has 0 aliphatic heterocycles. The zero-order chi connectivity index (χ0) is 14.0. The van der Waals surface area contributed by atoms with Crippen LogP contribution in [-0.4, -0.2) is 8.42 Å². The summed E-state index contributed by atoms with van der Waals surface area (Å²) in [5.41, 5.74) is 0. The van der Waals surface area contributed by atoms with Crippen molar-refractivity contribution in [2.24, 2.45) is 0 Å². The molecular weight excluding hydrogens is 421 g/mol. The molecule has 0 aliphatic carbocycles. The highest BCUT2D eigenvalue weighted by Crippen LogP contribution is 2.23. The van der Waals surface area contributed by atoms with Gasteiger partial charge in [0.1, 0.15) is 5.82 Å². The Morgan fingerprint density at radius 1 is 1.21 bits per heavy atom. The topological polar surface area (TPSA) is 46.2 Å². The van der Waals surface area contributed by atoms with Crippen LogP contribution in [0, 0.1) is 5.82 Å². The Balaban J connectivity index is 2.16. The largest absolute Gasteiger partial charge is 0.241 e. The lowest BCUT2D eigenvalue weighted by Gasteiger charge is -2.06. The highest BCUT2D eigenvalue weighted by atomic mass is 79.9. The van der Waals surface area contributed by atoms with E-state index in [9.17, 15) is 12.8 Å². The summed E-state index contributed by atoms with van der Waals surface area (Å²) in [6.45, 7) is 0.177. The molecule has 2 rings (SSSR count). The van der Waals surface area contributed by atoms with Gasteiger partial charge in [-0.1, -0.05) is 0 Å². The van der Waals surface area contributed by atoms with Crippen LogP contribution in [0.15, 0.2) is 43.5 Å². The van der Waals surface area contributed by atoms with Crippen LogP contribution in [0.1, 0.15) is 4.88 Å². The molecule has 0 saturated heterocycles. The number of benzene rings is 1. The van der Waals surface area contributed by atoms with Crippen LogP contribution in [-0.2, 0) is 16.6 Å². The minimum absolute atomic E-state index is 0.0937. The predicted octanol–water partition coefficient (Wildman–Crippen LogP) is 3.89. The molecule has 0 saturated carbocycles. The van der Waals surface area contributed by atoms with E-state index >= 15 is 0 Å². The number of hydrogen-bond acceptors (Lipinski definition) is 3. The van der Waals surface area contributed by atoms with Crippen molar-refractivity contribution in [1.82, 2.24) is 4.72 Å². The Hall–Kier alpha value is -0.280. The lowest BCUT2D eigenvalue weighted by Crippen LogP contribution is -2.22. The van der Waals surface area contributed by atoms with Crippen molar-refractivity contribution in [3.8, 4) is 0 Å². The molecule has 2 aromatic rings. The summed E-state index contributed by atoms with van der Waals surface area (Å²) < 4.78 is 40.9. The number of rotatable bonds is 4. The molecule has 1 heterocycles. The van der Waals surface area contributed by atoms with Crippen LogP contribution in [0.5, 0.6) is 0 Å². The van der Waals surface area contributed by atoms with Crippen molar-refractivity contribution < 1.29 is 12.8 Å². The molecule has 0 amide bonds. The van der Waals surface area contributed by atoms with Crippen molar-refractivity contribution in [2.75, 3.05) is 0 Å². The maximum atomic E-state index is 13.3. The van der Waals surface area contributed by atoms with Gasteiger partial charge in [0.2, 0.25) is 10.0 Å². The number of hydrogen-bond donors (Lipinski definition) is 1. The fourth-order valence-electron chi connectivity index (χ4n) is 1.34. The Labute approximate surface area is 131 Å². The summed E-state index contributed by atoms with van der Waals surface area (Å²) in [5.74, 6) is -0.609. The normalized spacial score (nSPS) is 11.7. The fourth-order valence-corrected chi connectivity index (χ4v) is 4.12. The molecule has 102 valence electrons. The van der Waals surface area contributed by atoms with E-state index in [1.54, 1.807) is 0 Å². The summed E-state index contributed by atoms with van der Waals surface area (Å²) in [7, 11) is -3.71. The quantitative estimate of drug-likeness (QED) is 0.802. The van der Waals surface area contributed by atoms with Crippen LogP contribution < -0.4 is 4.72 Å². The lowest BCUT2D eigenvalue weighted by atomic mass is 10.3. The van der Waals surface area contributed by atoms with Crippen molar-refractivity contribution in [1.29, 1.82) is 0 Å². The highest BCUT2D eigenvalue weighted by Gasteiger charge is 2.15. The summed E-state index contributed by atoms with van der Waals surface area (Å²) in [5, 5.41) is 0. The van der Waals surface area contributed by atoms with Crippen molar-refractivity contribution in [3.63, 3.8) is 0 Å². The molecule has 1 N–H and O–H groups in total. The summed E-state index contributed by atoms with van der Waals surface area (Å²) >= 11 is 7.72. The highest BCUT2D eigenvalue weighted by molar-refractivity contribution is 9.11. The van der Waals surface area contributed by atoms with E-state index in [4.69, 9.17) is 0 Å². The molecule has 0 fully saturated rings. The summed E-state index contributed by atoms with van der Waals surface area (Å²) in [6.07, 6.45) is 0. The van der Waals surface area contributed by atoms with Gasteiger partial charge in [-0.2, -0.15) is 0 Å². The van der Waals surface area contributed by atoms with Gasteiger partial charge < -0.3 is 0 Å². The molecule has 0 radical (unpaired) electrons. The molecule has 0 atom stereocenters. The molecule has 1 aromatic heterocycles. The number of halogens is 3. The molecule has 0 bridgehead atoms. The Kier molecular flexibility index (Phi) is 4.78. The Morgan fingerprint density at radius 3 is 2.53 bits per heavy atom. The third-order valence-electron chi connectivity index (χ3n) is 2.27. The molecule has 1 aromatic carbocycles. The summed E-state index contributed by atoms with van der Waals surface area (Å²) in [4.78, 5) is 0.775. The maximum Gasteiger partial charge on any atom is 0.241 e. The van der Waals surface area contributed by atoms with Crippen LogP contribution >= 0.6 is 43.2 Å². The standard InChI is InChI=1S/C11H8Br2FNO2S2/c12-9-3-2-8(5-10(9)14)19(16,17)15-6-7-1-4-11(13)18-7/h1-5,15H,6H2. The van der Waals surface area contributed by atoms with E-state index in [0.29, 0.717) is 0 Å². The number of thiophene rings is 1. The van der Waals surface area contributed by atoms with Crippen LogP contribution in [0.4, 0.5) is 4.39 Å². The molecule has 0 spiro atoms.